The normalized spacial score (nSPS) is 12.7. The number of nitrogens with one attached hydrogen (secondary N) is 1. The number of hydrogen-bond donors (Lipinski definition) is 1. The zero-order chi connectivity index (χ0) is 15.3. The summed E-state index contributed by atoms with van der Waals surface area (Å²) in [6.07, 6.45) is -0.269. The van der Waals surface area contributed by atoms with Gasteiger partial charge in [-0.25, -0.2) is 4.79 Å². The van der Waals surface area contributed by atoms with Crippen molar-refractivity contribution in [1.29, 1.82) is 0 Å². The van der Waals surface area contributed by atoms with Crippen molar-refractivity contribution >= 4 is 27.8 Å². The molecule has 1 aromatic carbocycles. The molecule has 0 aliphatic carbocycles. The van der Waals surface area contributed by atoms with Crippen LogP contribution in [0.15, 0.2) is 28.7 Å². The number of benzene rings is 1. The van der Waals surface area contributed by atoms with Crippen molar-refractivity contribution in [2.45, 2.75) is 45.8 Å². The Bertz CT molecular complexity index is 477. The van der Waals surface area contributed by atoms with Gasteiger partial charge in [0.2, 0.25) is 0 Å². The minimum Gasteiger partial charge on any atom is -0.444 e. The maximum Gasteiger partial charge on any atom is 0.407 e. The average Bonchev–Trinajstić information content (AvgIpc) is 2.26. The van der Waals surface area contributed by atoms with Crippen LogP contribution in [0, 0.1) is 0 Å². The van der Waals surface area contributed by atoms with Gasteiger partial charge in [-0.15, -0.1) is 0 Å². The van der Waals surface area contributed by atoms with Crippen molar-refractivity contribution in [1.82, 2.24) is 5.32 Å². The summed E-state index contributed by atoms with van der Waals surface area (Å²) < 4.78 is 6.07. The van der Waals surface area contributed by atoms with Gasteiger partial charge >= 0.3 is 6.09 Å². The lowest BCUT2D eigenvalue weighted by molar-refractivity contribution is 0.0506. The Morgan fingerprint density at radius 2 is 1.80 bits per heavy atom. The Kier molecular flexibility index (Phi) is 5.74. The Morgan fingerprint density at radius 1 is 1.25 bits per heavy atom. The SMILES string of the molecule is CC(CC(=O)c1ccc(Br)cc1)NC(=O)OC(C)(C)C. The van der Waals surface area contributed by atoms with Gasteiger partial charge in [0.1, 0.15) is 5.60 Å². The standard InChI is InChI=1S/C15H20BrNO3/c1-10(17-14(19)20-15(2,3)4)9-13(18)11-5-7-12(16)8-6-11/h5-8,10H,9H2,1-4H3,(H,17,19). The molecule has 0 fully saturated rings. The highest BCUT2D eigenvalue weighted by atomic mass is 79.9. The van der Waals surface area contributed by atoms with Gasteiger partial charge in [-0.3, -0.25) is 4.79 Å². The first kappa shape index (κ1) is 16.7. The number of Topliss-reactive ketones (excluding diaryl/α,β-unsaturated/α-hetero) is 1. The smallest absolute Gasteiger partial charge is 0.407 e. The Labute approximate surface area is 128 Å². The van der Waals surface area contributed by atoms with Crippen LogP contribution in [0.3, 0.4) is 0 Å². The summed E-state index contributed by atoms with van der Waals surface area (Å²) >= 11 is 3.32. The lowest BCUT2D eigenvalue weighted by Crippen LogP contribution is -2.38. The van der Waals surface area contributed by atoms with Crippen LogP contribution in [0.25, 0.3) is 0 Å². The van der Waals surface area contributed by atoms with Gasteiger partial charge in [-0.05, 0) is 39.8 Å². The second-order valence-corrected chi connectivity index (χ2v) is 6.60. The molecule has 20 heavy (non-hydrogen) atoms. The van der Waals surface area contributed by atoms with E-state index in [2.05, 4.69) is 21.2 Å². The molecule has 1 aromatic rings. The molecule has 0 saturated carbocycles. The monoisotopic (exact) mass is 341 g/mol. The van der Waals surface area contributed by atoms with Crippen molar-refractivity contribution in [2.75, 3.05) is 0 Å². The van der Waals surface area contributed by atoms with E-state index >= 15 is 0 Å². The molecular formula is C15H20BrNO3. The van der Waals surface area contributed by atoms with Gasteiger partial charge in [0, 0.05) is 22.5 Å². The van der Waals surface area contributed by atoms with E-state index in [0.717, 1.165) is 4.47 Å². The predicted molar refractivity (Wildman–Crippen MR) is 81.9 cm³/mol. The summed E-state index contributed by atoms with van der Waals surface area (Å²) in [7, 11) is 0. The van der Waals surface area contributed by atoms with Gasteiger partial charge in [-0.1, -0.05) is 28.1 Å². The first-order valence-corrected chi connectivity index (χ1v) is 7.25. The fourth-order valence-electron chi connectivity index (χ4n) is 1.59. The summed E-state index contributed by atoms with van der Waals surface area (Å²) in [4.78, 5) is 23.6. The zero-order valence-corrected chi connectivity index (χ0v) is 13.8. The molecule has 0 aliphatic heterocycles. The highest BCUT2D eigenvalue weighted by molar-refractivity contribution is 9.10. The molecule has 0 aromatic heterocycles. The molecule has 0 spiro atoms. The third-order valence-electron chi connectivity index (χ3n) is 2.42. The largest absolute Gasteiger partial charge is 0.444 e. The van der Waals surface area contributed by atoms with E-state index in [-0.39, 0.29) is 18.2 Å². The van der Waals surface area contributed by atoms with Gasteiger partial charge in [0.15, 0.2) is 5.78 Å². The second kappa shape index (κ2) is 6.88. The highest BCUT2D eigenvalue weighted by Gasteiger charge is 2.19. The molecular weight excluding hydrogens is 322 g/mol. The fourth-order valence-corrected chi connectivity index (χ4v) is 1.86. The number of ether oxygens (including phenoxy) is 1. The third kappa shape index (κ3) is 6.19. The van der Waals surface area contributed by atoms with Crippen molar-refractivity contribution in [3.8, 4) is 0 Å². The maximum atomic E-state index is 12.0. The van der Waals surface area contributed by atoms with Crippen LogP contribution in [0.2, 0.25) is 0 Å². The van der Waals surface area contributed by atoms with E-state index in [1.165, 1.54) is 0 Å². The van der Waals surface area contributed by atoms with Crippen LogP contribution in [0.5, 0.6) is 0 Å². The molecule has 110 valence electrons. The van der Waals surface area contributed by atoms with Crippen molar-refractivity contribution in [3.05, 3.63) is 34.3 Å². The number of carbonyl (C=O) groups excluding carboxylic acids is 2. The van der Waals surface area contributed by atoms with E-state index < -0.39 is 11.7 Å². The van der Waals surface area contributed by atoms with Gasteiger partial charge in [0.05, 0.1) is 0 Å². The van der Waals surface area contributed by atoms with Gasteiger partial charge in [-0.2, -0.15) is 0 Å². The quantitative estimate of drug-likeness (QED) is 0.844. The first-order chi connectivity index (χ1) is 9.17. The topological polar surface area (TPSA) is 55.4 Å². The van der Waals surface area contributed by atoms with Crippen LogP contribution in [0.4, 0.5) is 4.79 Å². The molecule has 0 saturated heterocycles. The average molecular weight is 342 g/mol. The van der Waals surface area contributed by atoms with Crippen LogP contribution >= 0.6 is 15.9 Å². The summed E-state index contributed by atoms with van der Waals surface area (Å²) in [5, 5.41) is 2.66. The molecule has 1 unspecified atom stereocenters. The highest BCUT2D eigenvalue weighted by Crippen LogP contribution is 2.13. The summed E-state index contributed by atoms with van der Waals surface area (Å²) in [6.45, 7) is 7.17. The van der Waals surface area contributed by atoms with Gasteiger partial charge in [0.25, 0.3) is 0 Å². The molecule has 1 N–H and O–H groups in total. The number of halogens is 1. The molecule has 1 atom stereocenters. The van der Waals surface area contributed by atoms with E-state index in [0.29, 0.717) is 5.56 Å². The molecule has 0 heterocycles. The fraction of sp³-hybridized carbons (Fsp3) is 0.467. The van der Waals surface area contributed by atoms with Crippen LogP contribution in [0.1, 0.15) is 44.5 Å². The number of ketones is 1. The number of carbonyl (C=O) groups is 2. The molecule has 4 nitrogen and oxygen atoms in total. The third-order valence-corrected chi connectivity index (χ3v) is 2.95. The maximum absolute atomic E-state index is 12.0. The molecule has 0 radical (unpaired) electrons. The van der Waals surface area contributed by atoms with E-state index in [1.807, 2.05) is 12.1 Å². The molecule has 1 amide bonds. The van der Waals surface area contributed by atoms with Crippen LogP contribution in [-0.2, 0) is 4.74 Å². The number of hydrogen-bond acceptors (Lipinski definition) is 3. The van der Waals surface area contributed by atoms with Crippen molar-refractivity contribution < 1.29 is 14.3 Å². The van der Waals surface area contributed by atoms with Crippen LogP contribution in [-0.4, -0.2) is 23.5 Å². The summed E-state index contributed by atoms with van der Waals surface area (Å²) in [5.41, 5.74) is 0.0884. The molecule has 1 rings (SSSR count). The Morgan fingerprint density at radius 3 is 2.30 bits per heavy atom. The van der Waals surface area contributed by atoms with E-state index in [4.69, 9.17) is 4.74 Å². The van der Waals surface area contributed by atoms with Crippen LogP contribution < -0.4 is 5.32 Å². The lowest BCUT2D eigenvalue weighted by atomic mass is 10.0. The van der Waals surface area contributed by atoms with E-state index in [1.54, 1.807) is 39.8 Å². The molecule has 5 heteroatoms. The Balaban J connectivity index is 2.50. The first-order valence-electron chi connectivity index (χ1n) is 6.45. The summed E-state index contributed by atoms with van der Waals surface area (Å²) in [6, 6.07) is 6.87. The minimum atomic E-state index is -0.542. The zero-order valence-electron chi connectivity index (χ0n) is 12.2. The molecule has 0 bridgehead atoms. The Hall–Kier alpha value is -1.36. The predicted octanol–water partition coefficient (Wildman–Crippen LogP) is 3.94. The second-order valence-electron chi connectivity index (χ2n) is 5.68. The number of rotatable bonds is 4. The summed E-state index contributed by atoms with van der Waals surface area (Å²) in [5.74, 6) is -0.0129. The van der Waals surface area contributed by atoms with E-state index in [9.17, 15) is 9.59 Å². The van der Waals surface area contributed by atoms with Gasteiger partial charge < -0.3 is 10.1 Å². The number of alkyl carbamates (subject to hydrolysis) is 1. The molecule has 0 aliphatic rings. The van der Waals surface area contributed by atoms with Crippen molar-refractivity contribution in [3.63, 3.8) is 0 Å². The lowest BCUT2D eigenvalue weighted by Gasteiger charge is -2.21. The van der Waals surface area contributed by atoms with Crippen molar-refractivity contribution in [2.24, 2.45) is 0 Å². The number of amides is 1. The minimum absolute atomic E-state index is 0.0129.